The molecule has 0 radical (unpaired) electrons. The van der Waals surface area contributed by atoms with Crippen LogP contribution in [-0.2, 0) is 16.2 Å². The standard InChI is InChI=1S/C17H18F3NO4S/c1-11(12-4-6-13(7-5-12)17(18,19)20)21-26(22,23)14-8-9-15(24-2)16(10-14)25-3/h4-11,21H,1-3H3/t11-/m1/s1. The minimum atomic E-state index is -4.44. The monoisotopic (exact) mass is 389 g/mol. The van der Waals surface area contributed by atoms with Crippen LogP contribution in [0.4, 0.5) is 13.2 Å². The Kier molecular flexibility index (Phi) is 5.82. The molecule has 5 nitrogen and oxygen atoms in total. The number of ether oxygens (including phenoxy) is 2. The SMILES string of the molecule is COc1ccc(S(=O)(=O)N[C@H](C)c2ccc(C(F)(F)F)cc2)cc1OC. The van der Waals surface area contributed by atoms with Gasteiger partial charge in [0.1, 0.15) is 0 Å². The van der Waals surface area contributed by atoms with Gasteiger partial charge >= 0.3 is 6.18 Å². The lowest BCUT2D eigenvalue weighted by Crippen LogP contribution is -2.27. The first kappa shape index (κ1) is 20.1. The highest BCUT2D eigenvalue weighted by Crippen LogP contribution is 2.31. The van der Waals surface area contributed by atoms with Crippen molar-refractivity contribution in [1.29, 1.82) is 0 Å². The van der Waals surface area contributed by atoms with Crippen molar-refractivity contribution in [3.63, 3.8) is 0 Å². The molecule has 0 heterocycles. The summed E-state index contributed by atoms with van der Waals surface area (Å²) in [6.45, 7) is 1.54. The van der Waals surface area contributed by atoms with Gasteiger partial charge in [-0.3, -0.25) is 0 Å². The number of hydrogen-bond acceptors (Lipinski definition) is 4. The van der Waals surface area contributed by atoms with Crippen molar-refractivity contribution in [3.8, 4) is 11.5 Å². The van der Waals surface area contributed by atoms with Gasteiger partial charge in [-0.05, 0) is 36.8 Å². The molecule has 9 heteroatoms. The van der Waals surface area contributed by atoms with Crippen molar-refractivity contribution < 1.29 is 31.1 Å². The van der Waals surface area contributed by atoms with Crippen LogP contribution in [0.25, 0.3) is 0 Å². The number of rotatable bonds is 6. The fourth-order valence-electron chi connectivity index (χ4n) is 2.31. The molecule has 0 fully saturated rings. The molecule has 0 bridgehead atoms. The lowest BCUT2D eigenvalue weighted by molar-refractivity contribution is -0.137. The second-order valence-corrected chi connectivity index (χ2v) is 7.19. The molecule has 0 aromatic heterocycles. The summed E-state index contributed by atoms with van der Waals surface area (Å²) in [6.07, 6.45) is -4.44. The Morgan fingerprint density at radius 3 is 2.04 bits per heavy atom. The first-order valence-corrected chi connectivity index (χ1v) is 8.98. The molecule has 0 saturated carbocycles. The third-order valence-electron chi connectivity index (χ3n) is 3.74. The lowest BCUT2D eigenvalue weighted by atomic mass is 10.1. The molecule has 0 spiro atoms. The summed E-state index contributed by atoms with van der Waals surface area (Å²) in [5, 5.41) is 0. The molecule has 0 aliphatic heterocycles. The van der Waals surface area contributed by atoms with E-state index in [1.54, 1.807) is 6.92 Å². The smallest absolute Gasteiger partial charge is 0.416 e. The zero-order valence-corrected chi connectivity index (χ0v) is 15.1. The van der Waals surface area contributed by atoms with Gasteiger partial charge in [0, 0.05) is 12.1 Å². The van der Waals surface area contributed by atoms with Gasteiger partial charge in [0.2, 0.25) is 10.0 Å². The fraction of sp³-hybridized carbons (Fsp3) is 0.294. The number of alkyl halides is 3. The van der Waals surface area contributed by atoms with Gasteiger partial charge in [-0.25, -0.2) is 13.1 Å². The Morgan fingerprint density at radius 2 is 1.54 bits per heavy atom. The molecule has 0 amide bonds. The van der Waals surface area contributed by atoms with Crippen LogP contribution in [0.15, 0.2) is 47.4 Å². The molecule has 2 aromatic carbocycles. The van der Waals surface area contributed by atoms with Crippen molar-refractivity contribution in [2.75, 3.05) is 14.2 Å². The number of halogens is 3. The molecule has 0 unspecified atom stereocenters. The molecule has 1 N–H and O–H groups in total. The molecule has 2 aromatic rings. The van der Waals surface area contributed by atoms with Crippen molar-refractivity contribution >= 4 is 10.0 Å². The topological polar surface area (TPSA) is 64.6 Å². The average Bonchev–Trinajstić information content (AvgIpc) is 2.60. The number of benzene rings is 2. The summed E-state index contributed by atoms with van der Waals surface area (Å²) < 4.78 is 75.5. The maximum atomic E-state index is 12.6. The minimum absolute atomic E-state index is 0.0473. The van der Waals surface area contributed by atoms with E-state index in [2.05, 4.69) is 4.72 Å². The second kappa shape index (κ2) is 7.55. The maximum Gasteiger partial charge on any atom is 0.416 e. The van der Waals surface area contributed by atoms with Crippen LogP contribution in [0, 0.1) is 0 Å². The molecule has 142 valence electrons. The summed E-state index contributed by atoms with van der Waals surface area (Å²) in [6, 6.07) is 7.69. The fourth-order valence-corrected chi connectivity index (χ4v) is 3.56. The van der Waals surface area contributed by atoms with E-state index in [0.29, 0.717) is 11.3 Å². The third-order valence-corrected chi connectivity index (χ3v) is 5.27. The maximum absolute atomic E-state index is 12.6. The van der Waals surface area contributed by atoms with E-state index >= 15 is 0 Å². The van der Waals surface area contributed by atoms with E-state index in [-0.39, 0.29) is 10.6 Å². The van der Waals surface area contributed by atoms with Gasteiger partial charge in [0.05, 0.1) is 24.7 Å². The number of methoxy groups -OCH3 is 2. The summed E-state index contributed by atoms with van der Waals surface area (Å²) in [5.74, 6) is 0.625. The predicted octanol–water partition coefficient (Wildman–Crippen LogP) is 3.76. The first-order chi connectivity index (χ1) is 12.1. The quantitative estimate of drug-likeness (QED) is 0.817. The van der Waals surface area contributed by atoms with Crippen LogP contribution in [0.1, 0.15) is 24.1 Å². The van der Waals surface area contributed by atoms with E-state index < -0.39 is 27.8 Å². The van der Waals surface area contributed by atoms with E-state index in [9.17, 15) is 21.6 Å². The Labute approximate surface area is 149 Å². The zero-order valence-electron chi connectivity index (χ0n) is 14.3. The van der Waals surface area contributed by atoms with Gasteiger partial charge in [-0.2, -0.15) is 13.2 Å². The third kappa shape index (κ3) is 4.47. The Balaban J connectivity index is 2.23. The summed E-state index contributed by atoms with van der Waals surface area (Å²) in [5.41, 5.74) is -0.391. The minimum Gasteiger partial charge on any atom is -0.493 e. The summed E-state index contributed by atoms with van der Waals surface area (Å²) >= 11 is 0. The van der Waals surface area contributed by atoms with Crippen molar-refractivity contribution in [1.82, 2.24) is 4.72 Å². The highest BCUT2D eigenvalue weighted by atomic mass is 32.2. The zero-order chi connectivity index (χ0) is 19.5. The van der Waals surface area contributed by atoms with Crippen molar-refractivity contribution in [2.45, 2.75) is 24.0 Å². The number of sulfonamides is 1. The van der Waals surface area contributed by atoms with Crippen LogP contribution < -0.4 is 14.2 Å². The number of nitrogens with one attached hydrogen (secondary N) is 1. The number of hydrogen-bond donors (Lipinski definition) is 1. The van der Waals surface area contributed by atoms with Gasteiger partial charge in [-0.1, -0.05) is 12.1 Å². The van der Waals surface area contributed by atoms with Gasteiger partial charge in [0.25, 0.3) is 0 Å². The van der Waals surface area contributed by atoms with Gasteiger partial charge in [-0.15, -0.1) is 0 Å². The first-order valence-electron chi connectivity index (χ1n) is 7.50. The van der Waals surface area contributed by atoms with Crippen molar-refractivity contribution in [3.05, 3.63) is 53.6 Å². The molecule has 0 aliphatic carbocycles. The normalized spacial score (nSPS) is 13.3. The molecule has 2 rings (SSSR count). The van der Waals surface area contributed by atoms with Gasteiger partial charge in [0.15, 0.2) is 11.5 Å². The molecular formula is C17H18F3NO4S. The molecule has 0 saturated heterocycles. The lowest BCUT2D eigenvalue weighted by Gasteiger charge is -2.16. The predicted molar refractivity (Wildman–Crippen MR) is 89.7 cm³/mol. The highest BCUT2D eigenvalue weighted by Gasteiger charge is 2.30. The van der Waals surface area contributed by atoms with Crippen LogP contribution in [0.2, 0.25) is 0 Å². The van der Waals surface area contributed by atoms with Crippen LogP contribution in [0.3, 0.4) is 0 Å². The van der Waals surface area contributed by atoms with Crippen LogP contribution in [-0.4, -0.2) is 22.6 Å². The Bertz CT molecular complexity index is 865. The van der Waals surface area contributed by atoms with E-state index in [4.69, 9.17) is 9.47 Å². The molecule has 0 aliphatic rings. The van der Waals surface area contributed by atoms with E-state index in [0.717, 1.165) is 12.1 Å². The Hall–Kier alpha value is -2.26. The highest BCUT2D eigenvalue weighted by molar-refractivity contribution is 7.89. The summed E-state index contributed by atoms with van der Waals surface area (Å²) in [7, 11) is -1.10. The average molecular weight is 389 g/mol. The second-order valence-electron chi connectivity index (χ2n) is 5.48. The summed E-state index contributed by atoms with van der Waals surface area (Å²) in [4.78, 5) is -0.0473. The Morgan fingerprint density at radius 1 is 0.962 bits per heavy atom. The van der Waals surface area contributed by atoms with Gasteiger partial charge < -0.3 is 9.47 Å². The molecule has 26 heavy (non-hydrogen) atoms. The van der Waals surface area contributed by atoms with E-state index in [1.165, 1.54) is 44.6 Å². The molecule has 1 atom stereocenters. The molecular weight excluding hydrogens is 371 g/mol. The van der Waals surface area contributed by atoms with Crippen molar-refractivity contribution in [2.24, 2.45) is 0 Å². The largest absolute Gasteiger partial charge is 0.493 e. The van der Waals surface area contributed by atoms with Crippen LogP contribution in [0.5, 0.6) is 11.5 Å². The van der Waals surface area contributed by atoms with Crippen LogP contribution >= 0.6 is 0 Å². The van der Waals surface area contributed by atoms with E-state index in [1.807, 2.05) is 0 Å².